The Kier molecular flexibility index (Phi) is 3.82. The van der Waals surface area contributed by atoms with Crippen molar-refractivity contribution < 1.29 is 17.9 Å². The lowest BCUT2D eigenvalue weighted by Gasteiger charge is -2.07. The number of hydrogen-bond acceptors (Lipinski definition) is 3. The van der Waals surface area contributed by atoms with Crippen LogP contribution in [0.5, 0.6) is 0 Å². The second-order valence-corrected chi connectivity index (χ2v) is 5.30. The zero-order valence-corrected chi connectivity index (χ0v) is 9.22. The first-order valence-corrected chi connectivity index (χ1v) is 6.44. The van der Waals surface area contributed by atoms with Crippen molar-refractivity contribution in [2.75, 3.05) is 12.9 Å². The number of hydrogen-bond donors (Lipinski definition) is 1. The Hall–Kier alpha value is -0.940. The Morgan fingerprint density at radius 3 is 2.60 bits per heavy atom. The van der Waals surface area contributed by atoms with Crippen LogP contribution < -0.4 is 0 Å². The van der Waals surface area contributed by atoms with Gasteiger partial charge in [-0.25, -0.2) is 12.8 Å². The van der Waals surface area contributed by atoms with Gasteiger partial charge in [0.2, 0.25) is 0 Å². The fraction of sp³-hybridized carbons (Fsp3) is 0.400. The maximum absolute atomic E-state index is 13.4. The normalized spacial score (nSPS) is 11.7. The van der Waals surface area contributed by atoms with E-state index in [2.05, 4.69) is 0 Å². The first-order valence-electron chi connectivity index (χ1n) is 4.55. The molecule has 0 bridgehead atoms. The summed E-state index contributed by atoms with van der Waals surface area (Å²) in [6.07, 6.45) is 1.62. The first kappa shape index (κ1) is 12.1. The minimum atomic E-state index is -3.41. The molecule has 1 N–H and O–H groups in total. The lowest BCUT2D eigenvalue weighted by atomic mass is 10.1. The minimum absolute atomic E-state index is 0.0101. The molecule has 0 atom stereocenters. The molecule has 3 nitrogen and oxygen atoms in total. The third-order valence-corrected chi connectivity index (χ3v) is 3.24. The number of aliphatic hydroxyl groups is 1. The Morgan fingerprint density at radius 1 is 1.40 bits per heavy atom. The predicted octanol–water partition coefficient (Wildman–Crippen LogP) is 1.15. The molecule has 0 radical (unpaired) electrons. The van der Waals surface area contributed by atoms with Gasteiger partial charge in [-0.1, -0.05) is 6.07 Å². The van der Waals surface area contributed by atoms with Gasteiger partial charge in [-0.15, -0.1) is 0 Å². The summed E-state index contributed by atoms with van der Waals surface area (Å²) in [5, 5.41) is 8.64. The largest absolute Gasteiger partial charge is 0.396 e. The van der Waals surface area contributed by atoms with Crippen molar-refractivity contribution in [2.24, 2.45) is 0 Å². The number of benzene rings is 1. The summed E-state index contributed by atoms with van der Waals surface area (Å²) in [5.41, 5.74) is 0.161. The number of rotatable bonds is 4. The molecular formula is C10H13FO3S. The predicted molar refractivity (Wildman–Crippen MR) is 54.9 cm³/mol. The van der Waals surface area contributed by atoms with Crippen molar-refractivity contribution in [3.63, 3.8) is 0 Å². The maximum Gasteiger partial charge on any atom is 0.175 e. The molecule has 1 rings (SSSR count). The van der Waals surface area contributed by atoms with Gasteiger partial charge in [-0.3, -0.25) is 0 Å². The van der Waals surface area contributed by atoms with Crippen LogP contribution in [0.3, 0.4) is 0 Å². The van der Waals surface area contributed by atoms with E-state index in [1.807, 2.05) is 0 Å². The van der Waals surface area contributed by atoms with Crippen LogP contribution in [0.15, 0.2) is 23.1 Å². The fourth-order valence-electron chi connectivity index (χ4n) is 1.38. The molecule has 0 spiro atoms. The van der Waals surface area contributed by atoms with Gasteiger partial charge in [0.15, 0.2) is 9.84 Å². The highest BCUT2D eigenvalue weighted by Crippen LogP contribution is 2.20. The van der Waals surface area contributed by atoms with Crippen LogP contribution in [-0.4, -0.2) is 26.4 Å². The molecule has 0 saturated carbocycles. The van der Waals surface area contributed by atoms with E-state index in [0.29, 0.717) is 6.42 Å². The molecule has 0 aliphatic carbocycles. The number of halogens is 1. The maximum atomic E-state index is 13.4. The average Bonchev–Trinajstić information content (AvgIpc) is 2.14. The third kappa shape index (κ3) is 3.00. The molecule has 0 amide bonds. The molecular weight excluding hydrogens is 219 g/mol. The van der Waals surface area contributed by atoms with E-state index >= 15 is 0 Å². The van der Waals surface area contributed by atoms with Gasteiger partial charge in [-0.05, 0) is 25.0 Å². The smallest absolute Gasteiger partial charge is 0.175 e. The van der Waals surface area contributed by atoms with E-state index in [9.17, 15) is 12.8 Å². The highest BCUT2D eigenvalue weighted by Gasteiger charge is 2.15. The van der Waals surface area contributed by atoms with Gasteiger partial charge in [-0.2, -0.15) is 0 Å². The quantitative estimate of drug-likeness (QED) is 0.847. The molecule has 84 valence electrons. The van der Waals surface area contributed by atoms with Gasteiger partial charge in [0.05, 0.1) is 4.90 Å². The van der Waals surface area contributed by atoms with Crippen LogP contribution in [0.1, 0.15) is 12.0 Å². The Balaban J connectivity index is 3.21. The van der Waals surface area contributed by atoms with E-state index < -0.39 is 15.7 Å². The molecule has 0 unspecified atom stereocenters. The molecule has 15 heavy (non-hydrogen) atoms. The fourth-order valence-corrected chi connectivity index (χ4v) is 2.36. The molecule has 0 aliphatic heterocycles. The van der Waals surface area contributed by atoms with Gasteiger partial charge in [0.25, 0.3) is 0 Å². The standard InChI is InChI=1S/C10H13FO3S/c1-15(13,14)10-6-2-5-9(11)8(10)4-3-7-12/h2,5-6,12H,3-4,7H2,1H3. The summed E-state index contributed by atoms with van der Waals surface area (Å²) in [6.45, 7) is -0.0858. The SMILES string of the molecule is CS(=O)(=O)c1cccc(F)c1CCCO. The van der Waals surface area contributed by atoms with Crippen molar-refractivity contribution in [3.8, 4) is 0 Å². The number of sulfone groups is 1. The van der Waals surface area contributed by atoms with Crippen LogP contribution in [0, 0.1) is 5.82 Å². The third-order valence-electron chi connectivity index (χ3n) is 2.06. The van der Waals surface area contributed by atoms with Crippen molar-refractivity contribution in [2.45, 2.75) is 17.7 Å². The molecule has 0 saturated heterocycles. The first-order chi connectivity index (χ1) is 6.96. The Morgan fingerprint density at radius 2 is 2.07 bits per heavy atom. The van der Waals surface area contributed by atoms with E-state index in [1.165, 1.54) is 18.2 Å². The van der Waals surface area contributed by atoms with Gasteiger partial charge in [0.1, 0.15) is 5.82 Å². The molecule has 0 heterocycles. The highest BCUT2D eigenvalue weighted by molar-refractivity contribution is 7.90. The summed E-state index contributed by atoms with van der Waals surface area (Å²) in [6, 6.07) is 3.97. The van der Waals surface area contributed by atoms with Crippen LogP contribution in [-0.2, 0) is 16.3 Å². The molecule has 1 aromatic carbocycles. The Bertz CT molecular complexity index is 440. The van der Waals surface area contributed by atoms with Crippen LogP contribution in [0.2, 0.25) is 0 Å². The topological polar surface area (TPSA) is 54.4 Å². The van der Waals surface area contributed by atoms with Crippen molar-refractivity contribution in [1.29, 1.82) is 0 Å². The monoisotopic (exact) mass is 232 g/mol. The minimum Gasteiger partial charge on any atom is -0.396 e. The van der Waals surface area contributed by atoms with Crippen molar-refractivity contribution in [1.82, 2.24) is 0 Å². The zero-order chi connectivity index (χ0) is 11.5. The average molecular weight is 232 g/mol. The second-order valence-electron chi connectivity index (χ2n) is 3.32. The van der Waals surface area contributed by atoms with Crippen molar-refractivity contribution >= 4 is 9.84 Å². The van der Waals surface area contributed by atoms with Gasteiger partial charge < -0.3 is 5.11 Å². The van der Waals surface area contributed by atoms with Gasteiger partial charge >= 0.3 is 0 Å². The number of aliphatic hydroxyl groups excluding tert-OH is 1. The Labute approximate surface area is 88.5 Å². The van der Waals surface area contributed by atoms with Gasteiger partial charge in [0, 0.05) is 18.4 Å². The van der Waals surface area contributed by atoms with Crippen LogP contribution in [0.4, 0.5) is 4.39 Å². The molecule has 5 heteroatoms. The van der Waals surface area contributed by atoms with E-state index in [1.54, 1.807) is 0 Å². The summed E-state index contributed by atoms with van der Waals surface area (Å²) >= 11 is 0. The van der Waals surface area contributed by atoms with E-state index in [-0.39, 0.29) is 23.5 Å². The van der Waals surface area contributed by atoms with E-state index in [4.69, 9.17) is 5.11 Å². The molecule has 0 fully saturated rings. The molecule has 0 aliphatic rings. The van der Waals surface area contributed by atoms with E-state index in [0.717, 1.165) is 6.26 Å². The molecule has 1 aromatic rings. The summed E-state index contributed by atoms with van der Waals surface area (Å²) in [5.74, 6) is -0.536. The highest BCUT2D eigenvalue weighted by atomic mass is 32.2. The van der Waals surface area contributed by atoms with Crippen molar-refractivity contribution in [3.05, 3.63) is 29.6 Å². The van der Waals surface area contributed by atoms with Crippen LogP contribution >= 0.6 is 0 Å². The summed E-state index contributed by atoms with van der Waals surface area (Å²) < 4.78 is 36.0. The summed E-state index contributed by atoms with van der Waals surface area (Å²) in [4.78, 5) is 0.0101. The zero-order valence-electron chi connectivity index (χ0n) is 8.40. The lowest BCUT2D eigenvalue weighted by Crippen LogP contribution is -2.05. The second kappa shape index (κ2) is 4.72. The van der Waals surface area contributed by atoms with Crippen LogP contribution in [0.25, 0.3) is 0 Å². The summed E-state index contributed by atoms with van der Waals surface area (Å²) in [7, 11) is -3.41. The molecule has 0 aromatic heterocycles. The lowest BCUT2D eigenvalue weighted by molar-refractivity contribution is 0.287.